The van der Waals surface area contributed by atoms with Crippen LogP contribution in [0.25, 0.3) is 0 Å². The number of rotatable bonds is 7. The van der Waals surface area contributed by atoms with Gasteiger partial charge in [0.25, 0.3) is 11.8 Å². The van der Waals surface area contributed by atoms with E-state index in [2.05, 4.69) is 36.0 Å². The largest absolute Gasteiger partial charge is 0.435 e. The van der Waals surface area contributed by atoms with Gasteiger partial charge in [-0.25, -0.2) is 18.7 Å². The summed E-state index contributed by atoms with van der Waals surface area (Å²) in [6.45, 7) is -3.82. The summed E-state index contributed by atoms with van der Waals surface area (Å²) >= 11 is 2.54. The molecule has 7 nitrogen and oxygen atoms in total. The molecular formula is C22H11BrF10N4O3. The number of benzene rings is 1. The van der Waals surface area contributed by atoms with E-state index < -0.39 is 69.4 Å². The van der Waals surface area contributed by atoms with Crippen LogP contribution in [-0.2, 0) is 5.67 Å². The first kappa shape index (κ1) is 30.6. The number of pyridine rings is 2. The molecule has 2 amide bonds. The van der Waals surface area contributed by atoms with E-state index >= 15 is 0 Å². The summed E-state index contributed by atoms with van der Waals surface area (Å²) in [4.78, 5) is 32.3. The molecule has 0 aliphatic rings. The molecule has 0 saturated carbocycles. The van der Waals surface area contributed by atoms with E-state index in [1.807, 2.05) is 5.32 Å². The van der Waals surface area contributed by atoms with Crippen molar-refractivity contribution in [3.8, 4) is 5.75 Å². The minimum atomic E-state index is -6.56. The van der Waals surface area contributed by atoms with Crippen LogP contribution >= 0.6 is 15.9 Å². The maximum absolute atomic E-state index is 14.5. The SMILES string of the molecule is O=C(Nc1cccc(C(=O)Nc2c(Br)cc(C(F)(C(F)(F)F)C(F)(F)F)cc2OC(F)F)n1)c1ccc(F)cn1. The third-order valence-corrected chi connectivity index (χ3v) is 5.50. The topological polar surface area (TPSA) is 93.2 Å². The summed E-state index contributed by atoms with van der Waals surface area (Å²) in [6.07, 6.45) is -12.4. The van der Waals surface area contributed by atoms with Crippen LogP contribution in [0.1, 0.15) is 26.5 Å². The summed E-state index contributed by atoms with van der Waals surface area (Å²) in [7, 11) is 0. The monoisotopic (exact) mass is 648 g/mol. The van der Waals surface area contributed by atoms with Gasteiger partial charge in [-0.05, 0) is 52.3 Å². The second-order valence-electron chi connectivity index (χ2n) is 7.54. The molecule has 0 aliphatic heterocycles. The molecule has 3 rings (SSSR count). The van der Waals surface area contributed by atoms with Crippen molar-refractivity contribution in [2.75, 3.05) is 10.6 Å². The zero-order valence-electron chi connectivity index (χ0n) is 19.0. The van der Waals surface area contributed by atoms with Crippen molar-refractivity contribution in [1.29, 1.82) is 0 Å². The molecule has 2 N–H and O–H groups in total. The summed E-state index contributed by atoms with van der Waals surface area (Å²) in [5, 5.41) is 4.15. The Kier molecular flexibility index (Phi) is 8.61. The third kappa shape index (κ3) is 6.43. The van der Waals surface area contributed by atoms with E-state index in [0.717, 1.165) is 24.4 Å². The minimum Gasteiger partial charge on any atom is -0.433 e. The van der Waals surface area contributed by atoms with Crippen LogP contribution in [0.15, 0.2) is 53.1 Å². The molecule has 0 bridgehead atoms. The molecule has 2 aromatic heterocycles. The number of nitrogens with one attached hydrogen (secondary N) is 2. The molecule has 0 atom stereocenters. The summed E-state index contributed by atoms with van der Waals surface area (Å²) in [5.74, 6) is -4.58. The Morgan fingerprint density at radius 1 is 0.875 bits per heavy atom. The number of carbonyl (C=O) groups excluding carboxylic acids is 2. The molecule has 2 heterocycles. The number of amides is 2. The molecule has 0 saturated heterocycles. The Balaban J connectivity index is 1.95. The van der Waals surface area contributed by atoms with Crippen molar-refractivity contribution in [1.82, 2.24) is 9.97 Å². The second kappa shape index (κ2) is 11.3. The minimum absolute atomic E-state index is 0.0192. The highest BCUT2D eigenvalue weighted by molar-refractivity contribution is 9.10. The number of alkyl halides is 9. The number of hydrogen-bond acceptors (Lipinski definition) is 5. The Hall–Kier alpha value is -3.96. The fourth-order valence-corrected chi connectivity index (χ4v) is 3.62. The summed E-state index contributed by atoms with van der Waals surface area (Å²) in [6, 6.07) is 5.10. The normalized spacial score (nSPS) is 12.3. The van der Waals surface area contributed by atoms with Crippen LogP contribution in [0.5, 0.6) is 5.75 Å². The average Bonchev–Trinajstić information content (AvgIpc) is 2.84. The Morgan fingerprint density at radius 2 is 1.50 bits per heavy atom. The van der Waals surface area contributed by atoms with E-state index in [1.165, 1.54) is 12.1 Å². The summed E-state index contributed by atoms with van der Waals surface area (Å²) in [5.41, 5.74) is -9.82. The lowest BCUT2D eigenvalue weighted by atomic mass is 9.93. The smallest absolute Gasteiger partial charge is 0.433 e. The number of carbonyl (C=O) groups is 2. The maximum atomic E-state index is 14.5. The van der Waals surface area contributed by atoms with Gasteiger partial charge in [0.2, 0.25) is 0 Å². The molecule has 3 aromatic rings. The van der Waals surface area contributed by atoms with Gasteiger partial charge >= 0.3 is 24.6 Å². The molecule has 0 spiro atoms. The van der Waals surface area contributed by atoms with E-state index in [4.69, 9.17) is 0 Å². The van der Waals surface area contributed by atoms with Crippen LogP contribution < -0.4 is 15.4 Å². The van der Waals surface area contributed by atoms with Crippen LogP contribution in [-0.4, -0.2) is 40.7 Å². The first-order valence-electron chi connectivity index (χ1n) is 10.3. The van der Waals surface area contributed by atoms with Gasteiger partial charge in [0, 0.05) is 10.0 Å². The average molecular weight is 649 g/mol. The van der Waals surface area contributed by atoms with Crippen molar-refractivity contribution in [3.05, 3.63) is 75.9 Å². The molecule has 214 valence electrons. The molecule has 0 radical (unpaired) electrons. The molecule has 0 unspecified atom stereocenters. The van der Waals surface area contributed by atoms with Crippen molar-refractivity contribution >= 4 is 39.2 Å². The fourth-order valence-electron chi connectivity index (χ4n) is 3.08. The van der Waals surface area contributed by atoms with E-state index in [9.17, 15) is 53.5 Å². The quantitative estimate of drug-likeness (QED) is 0.276. The first-order chi connectivity index (χ1) is 18.4. The van der Waals surface area contributed by atoms with Crippen molar-refractivity contribution in [2.45, 2.75) is 24.6 Å². The van der Waals surface area contributed by atoms with Gasteiger partial charge in [0.15, 0.2) is 5.75 Å². The zero-order chi connectivity index (χ0) is 30.0. The Labute approximate surface area is 224 Å². The highest BCUT2D eigenvalue weighted by Gasteiger charge is 2.73. The first-order valence-corrected chi connectivity index (χ1v) is 11.1. The lowest BCUT2D eigenvalue weighted by Gasteiger charge is -2.31. The third-order valence-electron chi connectivity index (χ3n) is 4.87. The van der Waals surface area contributed by atoms with Gasteiger partial charge < -0.3 is 15.4 Å². The number of aromatic nitrogens is 2. The maximum Gasteiger partial charge on any atom is 0.435 e. The number of nitrogens with zero attached hydrogens (tertiary/aromatic N) is 2. The lowest BCUT2D eigenvalue weighted by molar-refractivity contribution is -0.348. The van der Waals surface area contributed by atoms with Gasteiger partial charge in [0.05, 0.1) is 11.9 Å². The van der Waals surface area contributed by atoms with Crippen molar-refractivity contribution in [3.63, 3.8) is 0 Å². The number of anilines is 2. The predicted molar refractivity (Wildman–Crippen MR) is 120 cm³/mol. The fraction of sp³-hybridized carbons (Fsp3) is 0.182. The van der Waals surface area contributed by atoms with Crippen LogP contribution in [0, 0.1) is 5.82 Å². The number of hydrogen-bond donors (Lipinski definition) is 2. The van der Waals surface area contributed by atoms with Crippen LogP contribution in [0.4, 0.5) is 55.4 Å². The number of ether oxygens (including phenoxy) is 1. The van der Waals surface area contributed by atoms with Gasteiger partial charge in [0.1, 0.15) is 23.0 Å². The molecule has 0 aliphatic carbocycles. The van der Waals surface area contributed by atoms with E-state index in [1.54, 1.807) is 0 Å². The van der Waals surface area contributed by atoms with Gasteiger partial charge in [-0.3, -0.25) is 9.59 Å². The van der Waals surface area contributed by atoms with E-state index in [-0.39, 0.29) is 23.6 Å². The Bertz CT molecular complexity index is 1400. The van der Waals surface area contributed by atoms with Gasteiger partial charge in [-0.2, -0.15) is 35.1 Å². The zero-order valence-corrected chi connectivity index (χ0v) is 20.6. The predicted octanol–water partition coefficient (Wildman–Crippen LogP) is 6.77. The van der Waals surface area contributed by atoms with E-state index in [0.29, 0.717) is 0 Å². The molecule has 40 heavy (non-hydrogen) atoms. The molecule has 1 aromatic carbocycles. The van der Waals surface area contributed by atoms with Gasteiger partial charge in [-0.1, -0.05) is 6.07 Å². The molecule has 0 fully saturated rings. The van der Waals surface area contributed by atoms with Crippen LogP contribution in [0.2, 0.25) is 0 Å². The second-order valence-corrected chi connectivity index (χ2v) is 8.40. The van der Waals surface area contributed by atoms with Gasteiger partial charge in [-0.15, -0.1) is 0 Å². The highest BCUT2D eigenvalue weighted by Crippen LogP contribution is 2.55. The standard InChI is InChI=1S/C22H11BrF10N4O3/c23-11-6-9(20(27,21(28,29)30)22(31,32)33)7-14(40-19(25)26)16(11)37-18(39)13-2-1-3-15(35-13)36-17(38)12-5-4-10(24)8-34-12/h1-8,19H,(H,37,39)(H,35,36,38). The highest BCUT2D eigenvalue weighted by atomic mass is 79.9. The molecule has 18 heteroatoms. The van der Waals surface area contributed by atoms with Crippen LogP contribution in [0.3, 0.4) is 0 Å². The van der Waals surface area contributed by atoms with Crippen molar-refractivity contribution < 1.29 is 58.2 Å². The molecular weight excluding hydrogens is 638 g/mol. The van der Waals surface area contributed by atoms with Crippen molar-refractivity contribution in [2.24, 2.45) is 0 Å². The lowest BCUT2D eigenvalue weighted by Crippen LogP contribution is -2.50. The Morgan fingerprint density at radius 3 is 2.05 bits per heavy atom. The summed E-state index contributed by atoms with van der Waals surface area (Å²) < 4.78 is 136. The number of halogens is 11.